The van der Waals surface area contributed by atoms with Crippen LogP contribution in [0.1, 0.15) is 45.4 Å². The molecule has 2 aliphatic heterocycles. The van der Waals surface area contributed by atoms with Gasteiger partial charge >= 0.3 is 12.0 Å². The van der Waals surface area contributed by atoms with Gasteiger partial charge in [0.2, 0.25) is 6.23 Å². The van der Waals surface area contributed by atoms with Crippen LogP contribution in [-0.2, 0) is 19.1 Å². The second kappa shape index (κ2) is 7.57. The van der Waals surface area contributed by atoms with E-state index in [0.29, 0.717) is 6.42 Å². The number of hydrogen-bond donors (Lipinski definition) is 1. The number of rotatable bonds is 7. The number of carbonyl (C=O) groups is 3. The fourth-order valence-electron chi connectivity index (χ4n) is 2.53. The minimum absolute atomic E-state index is 0.176. The summed E-state index contributed by atoms with van der Waals surface area (Å²) in [5, 5.41) is 1.87. The van der Waals surface area contributed by atoms with Gasteiger partial charge in [0.05, 0.1) is 0 Å². The largest absolute Gasteiger partial charge is 0.439 e. The zero-order chi connectivity index (χ0) is 17.0. The summed E-state index contributed by atoms with van der Waals surface area (Å²) in [7, 11) is 0. The van der Waals surface area contributed by atoms with Crippen LogP contribution in [0.15, 0.2) is 0 Å². The molecule has 0 saturated carbocycles. The van der Waals surface area contributed by atoms with E-state index in [1.54, 1.807) is 0 Å². The normalized spacial score (nSPS) is 30.1. The van der Waals surface area contributed by atoms with Gasteiger partial charge in [0, 0.05) is 6.42 Å². The Morgan fingerprint density at radius 1 is 1.43 bits per heavy atom. The standard InChI is InChI=1S/C14H20BrFN2O5/c1-2-3-4-5-6-7-10(19)23-9-8-22-12-14(15,16)11(20)17-13(21)18(9)12/h9,12H,2-8H2,1H3,(H,17,20,21). The van der Waals surface area contributed by atoms with E-state index in [1.165, 1.54) is 0 Å². The molecule has 2 aliphatic rings. The number of esters is 1. The van der Waals surface area contributed by atoms with Gasteiger partial charge in [-0.15, -0.1) is 0 Å². The molecule has 2 heterocycles. The maximum atomic E-state index is 14.3. The molecule has 7 nitrogen and oxygen atoms in total. The number of imide groups is 1. The minimum Gasteiger partial charge on any atom is -0.439 e. The molecule has 0 spiro atoms. The van der Waals surface area contributed by atoms with Crippen LogP contribution in [0.2, 0.25) is 0 Å². The predicted octanol–water partition coefficient (Wildman–Crippen LogP) is 2.19. The van der Waals surface area contributed by atoms with Crippen LogP contribution < -0.4 is 5.32 Å². The molecule has 0 aromatic heterocycles. The zero-order valence-electron chi connectivity index (χ0n) is 12.8. The van der Waals surface area contributed by atoms with Crippen molar-refractivity contribution in [2.75, 3.05) is 6.61 Å². The molecule has 9 heteroatoms. The summed E-state index contributed by atoms with van der Waals surface area (Å²) >= 11 is 2.61. The van der Waals surface area contributed by atoms with Crippen LogP contribution in [0, 0.1) is 0 Å². The molecule has 2 fully saturated rings. The SMILES string of the molecule is CCCCCCCC(=O)OC1COC2N1C(=O)NC(=O)C2(F)Br. The van der Waals surface area contributed by atoms with Crippen LogP contribution >= 0.6 is 15.9 Å². The minimum atomic E-state index is -2.57. The van der Waals surface area contributed by atoms with E-state index in [-0.39, 0.29) is 13.0 Å². The number of nitrogens with one attached hydrogen (secondary N) is 1. The summed E-state index contributed by atoms with van der Waals surface area (Å²) in [6.45, 7) is 1.93. The van der Waals surface area contributed by atoms with Gasteiger partial charge in [0.25, 0.3) is 10.5 Å². The molecule has 23 heavy (non-hydrogen) atoms. The Labute approximate surface area is 142 Å². The van der Waals surface area contributed by atoms with E-state index in [0.717, 1.165) is 30.6 Å². The summed E-state index contributed by atoms with van der Waals surface area (Å²) < 4.78 is 22.0. The third kappa shape index (κ3) is 4.00. The topological polar surface area (TPSA) is 84.9 Å². The van der Waals surface area contributed by atoms with E-state index < -0.39 is 34.9 Å². The van der Waals surface area contributed by atoms with Gasteiger partial charge < -0.3 is 9.47 Å². The van der Waals surface area contributed by atoms with Crippen LogP contribution in [-0.4, -0.2) is 46.4 Å². The van der Waals surface area contributed by atoms with Crippen molar-refractivity contribution in [2.24, 2.45) is 0 Å². The maximum Gasteiger partial charge on any atom is 0.329 e. The number of carbonyl (C=O) groups excluding carboxylic acids is 3. The lowest BCUT2D eigenvalue weighted by atomic mass is 10.1. The first-order valence-electron chi connectivity index (χ1n) is 7.70. The number of alkyl halides is 2. The molecule has 3 atom stereocenters. The molecule has 1 N–H and O–H groups in total. The predicted molar refractivity (Wildman–Crippen MR) is 81.1 cm³/mol. The quantitative estimate of drug-likeness (QED) is 0.406. The third-order valence-electron chi connectivity index (χ3n) is 3.78. The summed E-state index contributed by atoms with van der Waals surface area (Å²) in [6, 6.07) is -0.842. The lowest BCUT2D eigenvalue weighted by Gasteiger charge is -2.36. The Balaban J connectivity index is 1.86. The number of halogens is 2. The number of hydrogen-bond acceptors (Lipinski definition) is 5. The second-order valence-corrected chi connectivity index (χ2v) is 6.74. The average molecular weight is 395 g/mol. The molecule has 0 radical (unpaired) electrons. The Hall–Kier alpha value is -1.22. The molecule has 0 bridgehead atoms. The Morgan fingerprint density at radius 2 is 2.13 bits per heavy atom. The smallest absolute Gasteiger partial charge is 0.329 e. The summed E-state index contributed by atoms with van der Waals surface area (Å²) in [5.41, 5.74) is 0. The van der Waals surface area contributed by atoms with Gasteiger partial charge in [-0.05, 0) is 22.4 Å². The van der Waals surface area contributed by atoms with Crippen molar-refractivity contribution in [3.05, 3.63) is 0 Å². The lowest BCUT2D eigenvalue weighted by Crippen LogP contribution is -2.65. The maximum absolute atomic E-state index is 14.3. The van der Waals surface area contributed by atoms with E-state index in [2.05, 4.69) is 22.9 Å². The number of amides is 3. The first-order valence-corrected chi connectivity index (χ1v) is 8.50. The Bertz CT molecular complexity index is 488. The summed E-state index contributed by atoms with van der Waals surface area (Å²) in [5.74, 6) is -1.61. The van der Waals surface area contributed by atoms with Crippen LogP contribution in [0.3, 0.4) is 0 Å². The van der Waals surface area contributed by atoms with Crippen molar-refractivity contribution in [1.82, 2.24) is 10.2 Å². The molecule has 0 aliphatic carbocycles. The Kier molecular flexibility index (Phi) is 5.96. The highest BCUT2D eigenvalue weighted by molar-refractivity contribution is 9.10. The molecule has 2 rings (SSSR count). The number of nitrogens with zero attached hydrogens (tertiary/aromatic N) is 1. The lowest BCUT2D eigenvalue weighted by molar-refractivity contribution is -0.156. The molecule has 2 saturated heterocycles. The van der Waals surface area contributed by atoms with Gasteiger partial charge in [-0.1, -0.05) is 32.6 Å². The monoisotopic (exact) mass is 394 g/mol. The second-order valence-electron chi connectivity index (χ2n) is 5.58. The fourth-order valence-corrected chi connectivity index (χ4v) is 2.99. The van der Waals surface area contributed by atoms with Crippen molar-refractivity contribution >= 4 is 33.8 Å². The van der Waals surface area contributed by atoms with Gasteiger partial charge in [0.1, 0.15) is 6.61 Å². The number of fused-ring (bicyclic) bond motifs is 1. The van der Waals surface area contributed by atoms with Crippen molar-refractivity contribution in [3.8, 4) is 0 Å². The molecule has 0 aromatic rings. The molecule has 3 unspecified atom stereocenters. The van der Waals surface area contributed by atoms with Crippen molar-refractivity contribution < 1.29 is 28.2 Å². The molecular weight excluding hydrogens is 375 g/mol. The summed E-state index contributed by atoms with van der Waals surface area (Å²) in [4.78, 5) is 36.0. The number of unbranched alkanes of at least 4 members (excludes halogenated alkanes) is 4. The third-order valence-corrected chi connectivity index (χ3v) is 4.53. The zero-order valence-corrected chi connectivity index (χ0v) is 14.4. The molecular formula is C14H20BrFN2O5. The highest BCUT2D eigenvalue weighted by Gasteiger charge is 2.60. The highest BCUT2D eigenvalue weighted by atomic mass is 79.9. The van der Waals surface area contributed by atoms with Gasteiger partial charge in [-0.25, -0.2) is 9.18 Å². The van der Waals surface area contributed by atoms with E-state index >= 15 is 0 Å². The Morgan fingerprint density at radius 3 is 2.83 bits per heavy atom. The van der Waals surface area contributed by atoms with Crippen molar-refractivity contribution in [1.29, 1.82) is 0 Å². The van der Waals surface area contributed by atoms with E-state index in [4.69, 9.17) is 9.47 Å². The van der Waals surface area contributed by atoms with E-state index in [1.807, 2.05) is 5.32 Å². The molecule has 3 amide bonds. The average Bonchev–Trinajstić information content (AvgIpc) is 2.90. The van der Waals surface area contributed by atoms with Crippen LogP contribution in [0.4, 0.5) is 9.18 Å². The van der Waals surface area contributed by atoms with Crippen molar-refractivity contribution in [2.45, 2.75) is 62.5 Å². The fraction of sp³-hybridized carbons (Fsp3) is 0.786. The number of ether oxygens (including phenoxy) is 2. The number of urea groups is 1. The van der Waals surface area contributed by atoms with Gasteiger partial charge in [-0.2, -0.15) is 0 Å². The van der Waals surface area contributed by atoms with Gasteiger partial charge in [-0.3, -0.25) is 19.8 Å². The summed E-state index contributed by atoms with van der Waals surface area (Å²) in [6.07, 6.45) is 2.67. The van der Waals surface area contributed by atoms with Crippen LogP contribution in [0.25, 0.3) is 0 Å². The van der Waals surface area contributed by atoms with E-state index in [9.17, 15) is 18.8 Å². The first kappa shape index (κ1) is 18.1. The molecule has 130 valence electrons. The first-order chi connectivity index (χ1) is 10.9. The van der Waals surface area contributed by atoms with Crippen molar-refractivity contribution in [3.63, 3.8) is 0 Å². The molecule has 0 aromatic carbocycles. The van der Waals surface area contributed by atoms with Crippen LogP contribution in [0.5, 0.6) is 0 Å². The highest BCUT2D eigenvalue weighted by Crippen LogP contribution is 2.37. The van der Waals surface area contributed by atoms with Gasteiger partial charge in [0.15, 0.2) is 6.23 Å².